The van der Waals surface area contributed by atoms with Crippen LogP contribution in [0.5, 0.6) is 0 Å². The van der Waals surface area contributed by atoms with Crippen molar-refractivity contribution in [3.8, 4) is 11.1 Å². The van der Waals surface area contributed by atoms with E-state index in [4.69, 9.17) is 15.0 Å². The summed E-state index contributed by atoms with van der Waals surface area (Å²) in [5.41, 5.74) is 11.6. The average molecular weight is 446 g/mol. The molecule has 0 saturated heterocycles. The van der Waals surface area contributed by atoms with Crippen molar-refractivity contribution >= 4 is 33.7 Å². The Morgan fingerprint density at radius 3 is 2.61 bits per heavy atom. The molecule has 2 aromatic carbocycles. The van der Waals surface area contributed by atoms with Crippen LogP contribution in [-0.4, -0.2) is 28.2 Å². The van der Waals surface area contributed by atoms with Crippen molar-refractivity contribution in [1.82, 2.24) is 9.72 Å². The second-order valence-corrected chi connectivity index (χ2v) is 8.87. The normalized spacial score (nSPS) is 13.7. The summed E-state index contributed by atoms with van der Waals surface area (Å²) in [5.74, 6) is 0.557. The summed E-state index contributed by atoms with van der Waals surface area (Å²) in [6.45, 7) is 6.72. The van der Waals surface area contributed by atoms with Crippen LogP contribution in [0.4, 0.5) is 0 Å². The molecule has 0 unspecified atom stereocenters. The Hall–Kier alpha value is -3.61. The van der Waals surface area contributed by atoms with Crippen molar-refractivity contribution in [2.24, 2.45) is 11.7 Å². The highest BCUT2D eigenvalue weighted by molar-refractivity contribution is 6.17. The fraction of sp³-hybridized carbons (Fsp3) is 0.346. The quantitative estimate of drug-likeness (QED) is 0.416. The van der Waals surface area contributed by atoms with Crippen LogP contribution in [0, 0.1) is 19.8 Å². The van der Waals surface area contributed by atoms with Gasteiger partial charge in [-0.05, 0) is 68.9 Å². The summed E-state index contributed by atoms with van der Waals surface area (Å²) in [6.07, 6.45) is 2.56. The van der Waals surface area contributed by atoms with E-state index in [0.29, 0.717) is 23.8 Å². The summed E-state index contributed by atoms with van der Waals surface area (Å²) in [5, 5.41) is 6.06. The molecule has 0 atom stereocenters. The molecule has 33 heavy (non-hydrogen) atoms. The second-order valence-electron chi connectivity index (χ2n) is 8.87. The standard InChI is InChI=1S/C26H27N3O4/c1-4-32-23(30)10-17-7-8-19-20-11-18(24-14(2)28-33-15(24)3)12-21(26(27)31)25(20)29(22(19)9-17)13-16-5-6-16/h7-9,11-12,16H,4-6,10,13H2,1-3H3,(H2,27,31). The molecule has 4 aromatic rings. The van der Waals surface area contributed by atoms with Crippen molar-refractivity contribution in [2.45, 2.75) is 46.6 Å². The number of carbonyl (C=O) groups excluding carboxylic acids is 2. The van der Waals surface area contributed by atoms with E-state index >= 15 is 0 Å². The van der Waals surface area contributed by atoms with Gasteiger partial charge in [-0.1, -0.05) is 17.3 Å². The molecule has 1 saturated carbocycles. The molecule has 0 radical (unpaired) electrons. The zero-order valence-electron chi connectivity index (χ0n) is 19.1. The van der Waals surface area contributed by atoms with E-state index in [9.17, 15) is 9.59 Å². The number of hydrogen-bond donors (Lipinski definition) is 1. The lowest BCUT2D eigenvalue weighted by Crippen LogP contribution is -2.14. The summed E-state index contributed by atoms with van der Waals surface area (Å²) < 4.78 is 12.7. The third-order valence-electron chi connectivity index (χ3n) is 6.40. The number of fused-ring (bicyclic) bond motifs is 3. The first kappa shape index (κ1) is 21.2. The van der Waals surface area contributed by atoms with Gasteiger partial charge >= 0.3 is 5.97 Å². The Kier molecular flexibility index (Phi) is 5.19. The zero-order chi connectivity index (χ0) is 23.3. The number of aryl methyl sites for hydroxylation is 2. The Balaban J connectivity index is 1.78. The number of rotatable bonds is 7. The summed E-state index contributed by atoms with van der Waals surface area (Å²) >= 11 is 0. The van der Waals surface area contributed by atoms with E-state index in [1.807, 2.05) is 38.1 Å². The van der Waals surface area contributed by atoms with Gasteiger partial charge in [-0.25, -0.2) is 0 Å². The number of hydrogen-bond acceptors (Lipinski definition) is 5. The lowest BCUT2D eigenvalue weighted by Gasteiger charge is -2.11. The van der Waals surface area contributed by atoms with E-state index in [1.165, 1.54) is 12.8 Å². The molecule has 0 aliphatic heterocycles. The number of carbonyl (C=O) groups is 2. The molecular formula is C26H27N3O4. The average Bonchev–Trinajstić information content (AvgIpc) is 3.46. The SMILES string of the molecule is CCOC(=O)Cc1ccc2c3cc(-c4c(C)noc4C)cc(C(N)=O)c3n(CC3CC3)c2c1. The summed E-state index contributed by atoms with van der Waals surface area (Å²) in [7, 11) is 0. The highest BCUT2D eigenvalue weighted by atomic mass is 16.5. The predicted molar refractivity (Wildman–Crippen MR) is 126 cm³/mol. The van der Waals surface area contributed by atoms with Crippen LogP contribution in [-0.2, 0) is 22.5 Å². The Morgan fingerprint density at radius 2 is 1.97 bits per heavy atom. The van der Waals surface area contributed by atoms with Crippen LogP contribution in [0.2, 0.25) is 0 Å². The van der Waals surface area contributed by atoms with E-state index in [-0.39, 0.29) is 12.4 Å². The van der Waals surface area contributed by atoms with Gasteiger partial charge < -0.3 is 19.6 Å². The molecular weight excluding hydrogens is 418 g/mol. The highest BCUT2D eigenvalue weighted by Crippen LogP contribution is 2.40. The van der Waals surface area contributed by atoms with Crippen LogP contribution >= 0.6 is 0 Å². The van der Waals surface area contributed by atoms with E-state index in [1.54, 1.807) is 6.92 Å². The first-order valence-electron chi connectivity index (χ1n) is 11.3. The lowest BCUT2D eigenvalue weighted by atomic mass is 9.97. The van der Waals surface area contributed by atoms with Gasteiger partial charge in [0, 0.05) is 28.4 Å². The smallest absolute Gasteiger partial charge is 0.310 e. The number of aromatic nitrogens is 2. The van der Waals surface area contributed by atoms with E-state index in [0.717, 1.165) is 50.7 Å². The number of ether oxygens (including phenoxy) is 1. The van der Waals surface area contributed by atoms with Gasteiger partial charge in [-0.3, -0.25) is 9.59 Å². The number of benzene rings is 2. The number of nitrogens with zero attached hydrogens (tertiary/aromatic N) is 2. The molecule has 2 aromatic heterocycles. The predicted octanol–water partition coefficient (Wildman–Crippen LogP) is 4.68. The molecule has 1 aliphatic rings. The van der Waals surface area contributed by atoms with Gasteiger partial charge in [0.15, 0.2) is 0 Å². The van der Waals surface area contributed by atoms with Gasteiger partial charge in [0.2, 0.25) is 0 Å². The maximum absolute atomic E-state index is 12.6. The summed E-state index contributed by atoms with van der Waals surface area (Å²) in [6, 6.07) is 9.95. The minimum atomic E-state index is -0.472. The Morgan fingerprint density at radius 1 is 1.18 bits per heavy atom. The number of primary amides is 1. The minimum absolute atomic E-state index is 0.210. The van der Waals surface area contributed by atoms with Crippen LogP contribution in [0.15, 0.2) is 34.9 Å². The molecule has 7 heteroatoms. The van der Waals surface area contributed by atoms with E-state index in [2.05, 4.69) is 15.8 Å². The maximum atomic E-state index is 12.6. The maximum Gasteiger partial charge on any atom is 0.310 e. The van der Waals surface area contributed by atoms with Gasteiger partial charge in [-0.2, -0.15) is 0 Å². The minimum Gasteiger partial charge on any atom is -0.466 e. The first-order chi connectivity index (χ1) is 15.9. The molecule has 0 bridgehead atoms. The molecule has 2 heterocycles. The largest absolute Gasteiger partial charge is 0.466 e. The zero-order valence-corrected chi connectivity index (χ0v) is 19.1. The Labute approximate surface area is 191 Å². The number of amides is 1. The van der Waals surface area contributed by atoms with E-state index < -0.39 is 5.91 Å². The Bertz CT molecular complexity index is 1390. The molecule has 170 valence electrons. The fourth-order valence-electron chi connectivity index (χ4n) is 4.74. The first-order valence-corrected chi connectivity index (χ1v) is 11.3. The van der Waals surface area contributed by atoms with Crippen LogP contribution < -0.4 is 5.73 Å². The van der Waals surface area contributed by atoms with Crippen molar-refractivity contribution in [1.29, 1.82) is 0 Å². The third-order valence-corrected chi connectivity index (χ3v) is 6.40. The molecule has 2 N–H and O–H groups in total. The molecule has 1 fully saturated rings. The van der Waals surface area contributed by atoms with Gasteiger partial charge in [0.25, 0.3) is 5.91 Å². The molecule has 1 amide bonds. The van der Waals surface area contributed by atoms with Crippen molar-refractivity contribution in [3.63, 3.8) is 0 Å². The van der Waals surface area contributed by atoms with Crippen molar-refractivity contribution < 1.29 is 18.8 Å². The number of esters is 1. The van der Waals surface area contributed by atoms with Gasteiger partial charge in [-0.15, -0.1) is 0 Å². The lowest BCUT2D eigenvalue weighted by molar-refractivity contribution is -0.142. The van der Waals surface area contributed by atoms with Crippen molar-refractivity contribution in [3.05, 3.63) is 52.9 Å². The second kappa shape index (κ2) is 8.06. The van der Waals surface area contributed by atoms with Crippen molar-refractivity contribution in [2.75, 3.05) is 6.61 Å². The molecule has 7 nitrogen and oxygen atoms in total. The molecule has 0 spiro atoms. The van der Waals surface area contributed by atoms with Gasteiger partial charge in [0.05, 0.1) is 29.8 Å². The number of nitrogens with two attached hydrogens (primary N) is 1. The fourth-order valence-corrected chi connectivity index (χ4v) is 4.74. The molecule has 5 rings (SSSR count). The topological polar surface area (TPSA) is 100 Å². The van der Waals surface area contributed by atoms with Crippen LogP contribution in [0.1, 0.15) is 47.1 Å². The van der Waals surface area contributed by atoms with Crippen LogP contribution in [0.3, 0.4) is 0 Å². The van der Waals surface area contributed by atoms with Gasteiger partial charge in [0.1, 0.15) is 5.76 Å². The monoisotopic (exact) mass is 445 g/mol. The third kappa shape index (κ3) is 3.77. The highest BCUT2D eigenvalue weighted by Gasteiger charge is 2.27. The summed E-state index contributed by atoms with van der Waals surface area (Å²) in [4.78, 5) is 24.7. The van der Waals surface area contributed by atoms with Crippen LogP contribution in [0.25, 0.3) is 32.9 Å². The molecule has 1 aliphatic carbocycles.